The van der Waals surface area contributed by atoms with Crippen LogP contribution in [-0.2, 0) is 10.8 Å². The molecule has 7 aromatic carbocycles. The Morgan fingerprint density at radius 1 is 0.463 bits per heavy atom. The van der Waals surface area contributed by atoms with E-state index in [2.05, 4.69) is 194 Å². The zero-order valence-corrected chi connectivity index (χ0v) is 30.8. The molecule has 0 amide bonds. The van der Waals surface area contributed by atoms with E-state index in [0.717, 1.165) is 56.4 Å². The first-order chi connectivity index (χ1) is 26.2. The third-order valence-corrected chi connectivity index (χ3v) is 11.5. The van der Waals surface area contributed by atoms with Crippen LogP contribution in [0.2, 0.25) is 0 Å². The minimum Gasteiger partial charge on any atom is -0.310 e. The Kier molecular flexibility index (Phi) is 7.56. The molecule has 258 valence electrons. The Morgan fingerprint density at radius 2 is 0.796 bits per heavy atom. The van der Waals surface area contributed by atoms with E-state index in [1.807, 2.05) is 12.1 Å². The van der Waals surface area contributed by atoms with Crippen molar-refractivity contribution >= 4 is 39.8 Å². The fourth-order valence-corrected chi connectivity index (χ4v) is 8.77. The maximum Gasteiger partial charge on any atom is 0.212 e. The fraction of sp³-hybridized carbons (Fsp3) is 0.120. The lowest BCUT2D eigenvalue weighted by atomic mass is 9.73. The van der Waals surface area contributed by atoms with E-state index in [-0.39, 0.29) is 10.8 Å². The molecule has 7 aromatic rings. The maximum atomic E-state index is 10.5. The predicted octanol–water partition coefficient (Wildman–Crippen LogP) is 13.7. The van der Waals surface area contributed by atoms with Crippen molar-refractivity contribution in [2.45, 2.75) is 38.5 Å². The summed E-state index contributed by atoms with van der Waals surface area (Å²) in [4.78, 5) is 8.60. The van der Waals surface area contributed by atoms with Crippen LogP contribution in [0.5, 0.6) is 0 Å². The molecule has 2 heterocycles. The lowest BCUT2D eigenvalue weighted by Crippen LogP contribution is -2.30. The molecule has 0 atom stereocenters. The summed E-state index contributed by atoms with van der Waals surface area (Å²) in [6.07, 6.45) is 0. The molecule has 0 fully saturated rings. The summed E-state index contributed by atoms with van der Waals surface area (Å²) in [5.74, 6) is 0. The summed E-state index contributed by atoms with van der Waals surface area (Å²) in [6.45, 7) is 17.4. The van der Waals surface area contributed by atoms with E-state index in [1.54, 1.807) is 0 Å². The van der Waals surface area contributed by atoms with Gasteiger partial charge in [-0.3, -0.25) is 0 Å². The first-order valence-electron chi connectivity index (χ1n) is 18.4. The Morgan fingerprint density at radius 3 is 1.15 bits per heavy atom. The van der Waals surface area contributed by atoms with Gasteiger partial charge in [-0.1, -0.05) is 137 Å². The molecule has 54 heavy (non-hydrogen) atoms. The second-order valence-electron chi connectivity index (χ2n) is 15.2. The predicted molar refractivity (Wildman–Crippen MR) is 222 cm³/mol. The highest BCUT2D eigenvalue weighted by Crippen LogP contribution is 2.53. The Labute approximate surface area is 317 Å². The lowest BCUT2D eigenvalue weighted by molar-refractivity contribution is 0.632. The van der Waals surface area contributed by atoms with Crippen molar-refractivity contribution in [2.75, 3.05) is 9.80 Å². The van der Waals surface area contributed by atoms with Crippen LogP contribution in [0.1, 0.15) is 55.5 Å². The number of anilines is 6. The number of nitriles is 1. The van der Waals surface area contributed by atoms with E-state index in [1.165, 1.54) is 22.3 Å². The molecule has 4 nitrogen and oxygen atoms in total. The van der Waals surface area contributed by atoms with E-state index < -0.39 is 0 Å². The molecule has 2 aliphatic heterocycles. The number of benzene rings is 7. The molecular weight excluding hydrogens is 657 g/mol. The van der Waals surface area contributed by atoms with Crippen molar-refractivity contribution in [2.24, 2.45) is 0 Å². The molecule has 0 saturated heterocycles. The number of nitrogens with zero attached hydrogens (tertiary/aromatic N) is 4. The van der Waals surface area contributed by atoms with Gasteiger partial charge in [-0.05, 0) is 93.0 Å². The summed E-state index contributed by atoms with van der Waals surface area (Å²) in [7, 11) is 0. The average Bonchev–Trinajstić information content (AvgIpc) is 3.21. The zero-order valence-electron chi connectivity index (χ0n) is 30.8. The minimum atomic E-state index is -0.134. The monoisotopic (exact) mass is 694 g/mol. The lowest BCUT2D eigenvalue weighted by Gasteiger charge is -2.42. The number of hydrogen-bond acceptors (Lipinski definition) is 3. The standard InChI is InChI=1S/C50H38N4/c1-49(2)40-14-6-10-18-44(40)53(45-19-11-7-15-41(45)49)35-26-22-33(23-27-35)37-30-31-38(48(52-5)39(37)32-51)34-24-28-36(29-25-34)54-46-20-12-8-16-42(46)50(3,4)43-17-9-13-21-47(43)54/h6-31H,1-4H3. The smallest absolute Gasteiger partial charge is 0.212 e. The second-order valence-corrected chi connectivity index (χ2v) is 15.2. The molecule has 0 saturated carbocycles. The van der Waals surface area contributed by atoms with Crippen molar-refractivity contribution in [1.29, 1.82) is 5.26 Å². The molecule has 4 heteroatoms. The van der Waals surface area contributed by atoms with Gasteiger partial charge in [0.15, 0.2) is 0 Å². The maximum absolute atomic E-state index is 10.5. The minimum absolute atomic E-state index is 0.133. The second kappa shape index (κ2) is 12.4. The molecule has 0 radical (unpaired) electrons. The van der Waals surface area contributed by atoms with Crippen LogP contribution in [0.15, 0.2) is 158 Å². The summed E-state index contributed by atoms with van der Waals surface area (Å²) >= 11 is 0. The van der Waals surface area contributed by atoms with Gasteiger partial charge in [0.25, 0.3) is 0 Å². The third kappa shape index (κ3) is 4.88. The van der Waals surface area contributed by atoms with Gasteiger partial charge >= 0.3 is 0 Å². The van der Waals surface area contributed by atoms with Crippen molar-refractivity contribution < 1.29 is 0 Å². The summed E-state index contributed by atoms with van der Waals surface area (Å²) in [5.41, 5.74) is 15.6. The van der Waals surface area contributed by atoms with Crippen LogP contribution in [-0.4, -0.2) is 0 Å². The molecule has 0 spiro atoms. The highest BCUT2D eigenvalue weighted by Gasteiger charge is 2.37. The van der Waals surface area contributed by atoms with Crippen LogP contribution < -0.4 is 9.80 Å². The fourth-order valence-electron chi connectivity index (χ4n) is 8.77. The Bertz CT molecular complexity index is 2400. The Hall–Kier alpha value is -6.88. The van der Waals surface area contributed by atoms with Crippen LogP contribution in [0.3, 0.4) is 0 Å². The highest BCUT2D eigenvalue weighted by atomic mass is 15.2. The number of fused-ring (bicyclic) bond motifs is 4. The summed E-state index contributed by atoms with van der Waals surface area (Å²) in [6, 6.07) is 57.5. The normalized spacial score (nSPS) is 14.5. The molecule has 0 aliphatic carbocycles. The molecule has 2 aliphatic rings. The first-order valence-corrected chi connectivity index (χ1v) is 18.4. The van der Waals surface area contributed by atoms with Crippen LogP contribution in [0, 0.1) is 17.9 Å². The highest BCUT2D eigenvalue weighted by molar-refractivity contribution is 5.92. The quantitative estimate of drug-likeness (QED) is 0.172. The largest absolute Gasteiger partial charge is 0.310 e. The molecule has 0 bridgehead atoms. The number of rotatable bonds is 4. The van der Waals surface area contributed by atoms with Gasteiger partial charge in [-0.25, -0.2) is 4.85 Å². The summed E-state index contributed by atoms with van der Waals surface area (Å²) in [5, 5.41) is 10.5. The number of para-hydroxylation sites is 4. The van der Waals surface area contributed by atoms with Gasteiger partial charge < -0.3 is 9.80 Å². The summed E-state index contributed by atoms with van der Waals surface area (Å²) < 4.78 is 0. The number of hydrogen-bond donors (Lipinski definition) is 0. The van der Waals surface area contributed by atoms with Crippen molar-refractivity contribution in [3.8, 4) is 28.3 Å². The molecular formula is C50H38N4. The van der Waals surface area contributed by atoms with Crippen molar-refractivity contribution in [1.82, 2.24) is 0 Å². The van der Waals surface area contributed by atoms with Gasteiger partial charge in [-0.2, -0.15) is 5.26 Å². The third-order valence-electron chi connectivity index (χ3n) is 11.5. The van der Waals surface area contributed by atoms with E-state index in [4.69, 9.17) is 6.57 Å². The van der Waals surface area contributed by atoms with Crippen LogP contribution >= 0.6 is 0 Å². The average molecular weight is 695 g/mol. The van der Waals surface area contributed by atoms with Crippen molar-refractivity contribution in [3.63, 3.8) is 0 Å². The van der Waals surface area contributed by atoms with Crippen LogP contribution in [0.4, 0.5) is 39.8 Å². The van der Waals surface area contributed by atoms with Gasteiger partial charge in [0.05, 0.1) is 41.0 Å². The SMILES string of the molecule is [C-]#[N+]c1c(-c2ccc(N3c4ccccc4C(C)(C)c4ccccc43)cc2)ccc(-c2ccc(N3c4ccccc4C(C)(C)c4ccccc43)cc2)c1C#N. The molecule has 9 rings (SSSR count). The van der Waals surface area contributed by atoms with Gasteiger partial charge in [0.2, 0.25) is 5.69 Å². The van der Waals surface area contributed by atoms with E-state index >= 15 is 0 Å². The van der Waals surface area contributed by atoms with Crippen molar-refractivity contribution in [3.05, 3.63) is 197 Å². The first kappa shape index (κ1) is 33.0. The van der Waals surface area contributed by atoms with Gasteiger partial charge in [-0.15, -0.1) is 0 Å². The molecule has 0 N–H and O–H groups in total. The molecule has 0 unspecified atom stereocenters. The Balaban J connectivity index is 1.07. The van der Waals surface area contributed by atoms with Gasteiger partial charge in [0.1, 0.15) is 0 Å². The van der Waals surface area contributed by atoms with E-state index in [0.29, 0.717) is 11.3 Å². The molecule has 0 aromatic heterocycles. The van der Waals surface area contributed by atoms with Crippen LogP contribution in [0.25, 0.3) is 27.1 Å². The van der Waals surface area contributed by atoms with Gasteiger partial charge in [0, 0.05) is 22.2 Å². The topological polar surface area (TPSA) is 34.6 Å². The zero-order chi connectivity index (χ0) is 37.2. The van der Waals surface area contributed by atoms with E-state index in [9.17, 15) is 5.26 Å².